The number of carbonyl (C=O) groups excluding carboxylic acids is 1. The van der Waals surface area contributed by atoms with Gasteiger partial charge in [-0.1, -0.05) is 48.7 Å². The first kappa shape index (κ1) is 23.8. The van der Waals surface area contributed by atoms with Gasteiger partial charge in [0.05, 0.1) is 10.3 Å². The molecule has 31 heavy (non-hydrogen) atoms. The molecule has 6 nitrogen and oxygen atoms in total. The molecule has 0 aliphatic heterocycles. The Labute approximate surface area is 189 Å². The number of hydrogen-bond donors (Lipinski definition) is 1. The van der Waals surface area contributed by atoms with Crippen LogP contribution in [-0.2, 0) is 14.8 Å². The van der Waals surface area contributed by atoms with E-state index in [1.165, 1.54) is 28.7 Å². The molecule has 8 heteroatoms. The minimum Gasteiger partial charge on any atom is -0.325 e. The molecule has 3 rings (SSSR count). The molecule has 2 aromatic rings. The predicted molar refractivity (Wildman–Crippen MR) is 126 cm³/mol. The highest BCUT2D eigenvalue weighted by atomic mass is 32.2. The lowest BCUT2D eigenvalue weighted by Gasteiger charge is -2.30. The molecule has 1 fully saturated rings. The van der Waals surface area contributed by atoms with Crippen LogP contribution in [0, 0.1) is 13.8 Å². The van der Waals surface area contributed by atoms with Gasteiger partial charge in [0.1, 0.15) is 4.90 Å². The molecular formula is C23H31N3O3S2. The Bertz CT molecular complexity index is 1020. The number of rotatable bonds is 7. The molecule has 168 valence electrons. The van der Waals surface area contributed by atoms with E-state index in [9.17, 15) is 13.2 Å². The highest BCUT2D eigenvalue weighted by Gasteiger charge is 2.29. The number of nitrogens with one attached hydrogen (secondary N) is 1. The summed E-state index contributed by atoms with van der Waals surface area (Å²) in [6.07, 6.45) is 6.52. The molecule has 1 aromatic heterocycles. The van der Waals surface area contributed by atoms with Gasteiger partial charge in [0, 0.05) is 25.0 Å². The van der Waals surface area contributed by atoms with Crippen LogP contribution in [0.2, 0.25) is 0 Å². The number of pyridine rings is 1. The van der Waals surface area contributed by atoms with Crippen molar-refractivity contribution >= 4 is 33.4 Å². The number of thioether (sulfide) groups is 1. The quantitative estimate of drug-likeness (QED) is 0.601. The van der Waals surface area contributed by atoms with E-state index in [1.807, 2.05) is 39.0 Å². The summed E-state index contributed by atoms with van der Waals surface area (Å²) >= 11 is 1.30. The second-order valence-corrected chi connectivity index (χ2v) is 11.6. The van der Waals surface area contributed by atoms with E-state index >= 15 is 0 Å². The molecule has 0 radical (unpaired) electrons. The Kier molecular flexibility index (Phi) is 7.78. The number of benzene rings is 1. The smallest absolute Gasteiger partial charge is 0.244 e. The standard InChI is InChI=1S/C23H31N3O3S2/c1-16-10-12-21(17(2)14-16)25-23(27)18(3)30-22-13-11-20(15-24-22)31(28,29)26(4)19-8-6-5-7-9-19/h10-15,18-19H,5-9H2,1-4H3,(H,25,27). The van der Waals surface area contributed by atoms with Crippen molar-refractivity contribution in [1.29, 1.82) is 0 Å². The summed E-state index contributed by atoms with van der Waals surface area (Å²) in [5, 5.41) is 3.19. The van der Waals surface area contributed by atoms with Gasteiger partial charge in [-0.15, -0.1) is 0 Å². The van der Waals surface area contributed by atoms with Gasteiger partial charge in [0.25, 0.3) is 0 Å². The van der Waals surface area contributed by atoms with Crippen LogP contribution in [0.15, 0.2) is 46.5 Å². The van der Waals surface area contributed by atoms with Gasteiger partial charge in [-0.25, -0.2) is 13.4 Å². The molecule has 1 aromatic carbocycles. The number of aryl methyl sites for hydroxylation is 2. The third kappa shape index (κ3) is 5.87. The number of nitrogens with zero attached hydrogens (tertiary/aromatic N) is 2. The molecule has 0 spiro atoms. The van der Waals surface area contributed by atoms with E-state index in [0.29, 0.717) is 5.03 Å². The van der Waals surface area contributed by atoms with Crippen LogP contribution in [0.3, 0.4) is 0 Å². The third-order valence-corrected chi connectivity index (χ3v) is 8.73. The van der Waals surface area contributed by atoms with Crippen molar-refractivity contribution in [2.75, 3.05) is 12.4 Å². The van der Waals surface area contributed by atoms with Crippen LogP contribution < -0.4 is 5.32 Å². The molecule has 1 aliphatic carbocycles. The van der Waals surface area contributed by atoms with Crippen molar-refractivity contribution < 1.29 is 13.2 Å². The maximum atomic E-state index is 12.9. The van der Waals surface area contributed by atoms with Gasteiger partial charge in [-0.2, -0.15) is 4.31 Å². The first-order chi connectivity index (χ1) is 14.7. The number of anilines is 1. The van der Waals surface area contributed by atoms with Crippen molar-refractivity contribution in [3.05, 3.63) is 47.7 Å². The number of carbonyl (C=O) groups is 1. The summed E-state index contributed by atoms with van der Waals surface area (Å²) in [6.45, 7) is 5.79. The molecule has 1 amide bonds. The first-order valence-electron chi connectivity index (χ1n) is 10.7. The van der Waals surface area contributed by atoms with E-state index in [1.54, 1.807) is 19.2 Å². The second kappa shape index (κ2) is 10.1. The highest BCUT2D eigenvalue weighted by molar-refractivity contribution is 8.00. The monoisotopic (exact) mass is 461 g/mol. The van der Waals surface area contributed by atoms with E-state index in [-0.39, 0.29) is 22.1 Å². The predicted octanol–water partition coefficient (Wildman–Crippen LogP) is 4.77. The molecular weight excluding hydrogens is 430 g/mol. The fourth-order valence-electron chi connectivity index (χ4n) is 3.82. The Hall–Kier alpha value is -1.90. The maximum absolute atomic E-state index is 12.9. The number of aromatic nitrogens is 1. The molecule has 1 aliphatic rings. The zero-order chi connectivity index (χ0) is 22.6. The van der Waals surface area contributed by atoms with Crippen molar-refractivity contribution in [1.82, 2.24) is 9.29 Å². The van der Waals surface area contributed by atoms with Gasteiger partial charge in [-0.05, 0) is 57.4 Å². The van der Waals surface area contributed by atoms with E-state index < -0.39 is 10.0 Å². The van der Waals surface area contributed by atoms with Gasteiger partial charge >= 0.3 is 0 Å². The summed E-state index contributed by atoms with van der Waals surface area (Å²) in [5.41, 5.74) is 2.95. The average molecular weight is 462 g/mol. The summed E-state index contributed by atoms with van der Waals surface area (Å²) < 4.78 is 27.4. The molecule has 0 bridgehead atoms. The fraction of sp³-hybridized carbons (Fsp3) is 0.478. The van der Waals surface area contributed by atoms with E-state index in [2.05, 4.69) is 10.3 Å². The summed E-state index contributed by atoms with van der Waals surface area (Å²) in [7, 11) is -1.91. The minimum absolute atomic E-state index is 0.0572. The average Bonchev–Trinajstić information content (AvgIpc) is 2.76. The van der Waals surface area contributed by atoms with Crippen LogP contribution in [0.25, 0.3) is 0 Å². The normalized spacial score (nSPS) is 16.3. The van der Waals surface area contributed by atoms with Crippen LogP contribution in [0.5, 0.6) is 0 Å². The molecule has 1 atom stereocenters. The number of sulfonamides is 1. The summed E-state index contributed by atoms with van der Waals surface area (Å²) in [5.74, 6) is -0.118. The van der Waals surface area contributed by atoms with Gasteiger partial charge < -0.3 is 5.32 Å². The summed E-state index contributed by atoms with van der Waals surface area (Å²) in [4.78, 5) is 17.1. The van der Waals surface area contributed by atoms with E-state index in [0.717, 1.165) is 42.5 Å². The van der Waals surface area contributed by atoms with Crippen molar-refractivity contribution in [3.8, 4) is 0 Å². The Morgan fingerprint density at radius 2 is 1.87 bits per heavy atom. The van der Waals surface area contributed by atoms with Gasteiger partial charge in [0.2, 0.25) is 15.9 Å². The molecule has 1 saturated carbocycles. The van der Waals surface area contributed by atoms with Crippen LogP contribution in [0.1, 0.15) is 50.2 Å². The number of hydrogen-bond acceptors (Lipinski definition) is 5. The lowest BCUT2D eigenvalue weighted by Crippen LogP contribution is -2.38. The molecule has 1 unspecified atom stereocenters. The molecule has 1 N–H and O–H groups in total. The lowest BCUT2D eigenvalue weighted by atomic mass is 9.96. The van der Waals surface area contributed by atoms with Crippen LogP contribution >= 0.6 is 11.8 Å². The fourth-order valence-corrected chi connectivity index (χ4v) is 5.97. The van der Waals surface area contributed by atoms with Crippen LogP contribution in [-0.4, -0.2) is 42.0 Å². The molecule has 1 heterocycles. The van der Waals surface area contributed by atoms with Crippen molar-refractivity contribution in [2.24, 2.45) is 0 Å². The Morgan fingerprint density at radius 1 is 1.16 bits per heavy atom. The lowest BCUT2D eigenvalue weighted by molar-refractivity contribution is -0.115. The van der Waals surface area contributed by atoms with Gasteiger partial charge in [-0.3, -0.25) is 4.79 Å². The highest BCUT2D eigenvalue weighted by Crippen LogP contribution is 2.28. The van der Waals surface area contributed by atoms with Crippen molar-refractivity contribution in [3.63, 3.8) is 0 Å². The SMILES string of the molecule is Cc1ccc(NC(=O)C(C)Sc2ccc(S(=O)(=O)N(C)C3CCCCC3)cn2)c(C)c1. The second-order valence-electron chi connectivity index (χ2n) is 8.21. The molecule has 0 saturated heterocycles. The van der Waals surface area contributed by atoms with Crippen LogP contribution in [0.4, 0.5) is 5.69 Å². The Morgan fingerprint density at radius 3 is 2.48 bits per heavy atom. The van der Waals surface area contributed by atoms with Gasteiger partial charge in [0.15, 0.2) is 0 Å². The minimum atomic E-state index is -3.57. The topological polar surface area (TPSA) is 79.4 Å². The zero-order valence-electron chi connectivity index (χ0n) is 18.6. The van der Waals surface area contributed by atoms with Crippen molar-refractivity contribution in [2.45, 2.75) is 74.1 Å². The van der Waals surface area contributed by atoms with E-state index in [4.69, 9.17) is 0 Å². The summed E-state index contributed by atoms with van der Waals surface area (Å²) in [6, 6.07) is 9.21. The third-order valence-electron chi connectivity index (χ3n) is 5.78. The number of amides is 1. The Balaban J connectivity index is 1.63. The first-order valence-corrected chi connectivity index (χ1v) is 13.0. The zero-order valence-corrected chi connectivity index (χ0v) is 20.2. The maximum Gasteiger partial charge on any atom is 0.244 e. The largest absolute Gasteiger partial charge is 0.325 e.